The van der Waals surface area contributed by atoms with Crippen molar-refractivity contribution in [2.45, 2.75) is 192 Å². The summed E-state index contributed by atoms with van der Waals surface area (Å²) in [5, 5.41) is 102. The summed E-state index contributed by atoms with van der Waals surface area (Å²) in [5.41, 5.74) is 5.19. The van der Waals surface area contributed by atoms with Crippen molar-refractivity contribution in [1.29, 1.82) is 0 Å². The first-order valence-corrected chi connectivity index (χ1v) is 50.6. The van der Waals surface area contributed by atoms with Crippen molar-refractivity contribution in [2.24, 2.45) is 11.8 Å². The van der Waals surface area contributed by atoms with Gasteiger partial charge in [0, 0.05) is 201 Å². The molecule has 49 heteroatoms. The number of unbranched alkanes of at least 4 members (excludes halogenated alkanes) is 3. The number of carboxylic acids is 8. The molecule has 0 bridgehead atoms. The summed E-state index contributed by atoms with van der Waals surface area (Å²) in [5.74, 6) is -17.2. The van der Waals surface area contributed by atoms with Crippen molar-refractivity contribution >= 4 is 137 Å². The van der Waals surface area contributed by atoms with Crippen molar-refractivity contribution in [3.8, 4) is 22.5 Å². The Morgan fingerprint density at radius 2 is 0.909 bits per heavy atom. The van der Waals surface area contributed by atoms with E-state index in [0.29, 0.717) is 80.6 Å². The van der Waals surface area contributed by atoms with Crippen LogP contribution in [0.4, 0.5) is 5.69 Å². The van der Waals surface area contributed by atoms with Crippen LogP contribution in [0, 0.1) is 52.3 Å². The number of hydrogen-bond donors (Lipinski definition) is 15. The molecule has 15 N–H and O–H groups in total. The van der Waals surface area contributed by atoms with Crippen LogP contribution < -0.4 is 36.8 Å². The molecule has 143 heavy (non-hydrogen) atoms. The summed E-state index contributed by atoms with van der Waals surface area (Å²) in [6.45, 7) is 2.96. The van der Waals surface area contributed by atoms with Crippen LogP contribution in [0.1, 0.15) is 165 Å². The van der Waals surface area contributed by atoms with E-state index < -0.39 is 153 Å². The van der Waals surface area contributed by atoms with Crippen LogP contribution >= 0.6 is 30.2 Å². The summed E-state index contributed by atoms with van der Waals surface area (Å²) in [6.07, 6.45) is -0.209. The second-order valence-electron chi connectivity index (χ2n) is 34.6. The fraction of sp³-hybridized carbons (Fsp3) is 0.606. The van der Waals surface area contributed by atoms with Gasteiger partial charge >= 0.3 is 55.4 Å². The number of halogens is 1. The topological polar surface area (TPSA) is 655 Å². The van der Waals surface area contributed by atoms with Gasteiger partial charge in [-0.15, -0.1) is 5.10 Å². The van der Waals surface area contributed by atoms with Gasteiger partial charge in [0.2, 0.25) is 41.4 Å². The Bertz CT molecular complexity index is 4800. The number of ether oxygens (including phenoxy) is 4. The molecule has 1 fully saturated rings. The third-order valence-electron chi connectivity index (χ3n) is 23.3. The van der Waals surface area contributed by atoms with E-state index in [2.05, 4.69) is 64.8 Å². The number of fused-ring (bicyclic) bond motifs is 5. The van der Waals surface area contributed by atoms with Gasteiger partial charge < -0.3 is 106 Å². The molecule has 0 aliphatic carbocycles. The number of ketones is 2. The molecule has 801 valence electrons. The number of carboxylic acid groups (broad SMARTS) is 8. The number of aliphatic carboxylic acids is 8. The van der Waals surface area contributed by atoms with Gasteiger partial charge in [-0.25, -0.2) is 14.3 Å². The summed E-state index contributed by atoms with van der Waals surface area (Å²) < 4.78 is 42.8. The molecule has 4 aromatic rings. The van der Waals surface area contributed by atoms with Gasteiger partial charge in [0.05, 0.1) is 115 Å². The van der Waals surface area contributed by atoms with Gasteiger partial charge in [-0.2, -0.15) is 0 Å². The quantitative estimate of drug-likeness (QED) is 0.0169. The Balaban J connectivity index is 0.0000360. The fourth-order valence-electron chi connectivity index (χ4n) is 15.6. The molecular formula is C94H136ILuN14O32P. The van der Waals surface area contributed by atoms with Crippen molar-refractivity contribution in [3.63, 3.8) is 0 Å². The molecule has 2 aliphatic rings. The number of para-hydroxylation sites is 1. The molecule has 7 amide bonds. The standard InChI is InChI=1S/C94H136IN14O32P.Lu/c95-69-28-24-65(25-29-69)14-10-23-78(112)96-38-9-7-20-76(94(133)134)101-90(126)74(31-33-79(113)97-37-8-1-2-16-71(111)58-66(91(127)128)26-32-80(114)100-75(93(131)132)21-12-50-141-142(135,136)64-68(92(129)130)27-35-84(118)119)99-81(115)36-51-138-53-55-140-57-56-139-54-52-137-49-11-17-70(110)30-34-83(117)108-59-67-15-3-4-18-72(67)89-88(73-19-5-6-22-77(73)108)102-103-109(89)40-13-39-98-82(116)60-104-41-43-105(61-85(120)121)45-47-107(63-87(124)125)48-46-106(44-42-104)62-86(122)123;/h3-6,15,18-19,22,24-25,28-29,66,68,74-76H,1-2,7-14,16-17,20-21,23,26-27,30-64H2,(H,96,112)(H,97,113)(H,98,116)(H,99,115)(H,100,114)(H,101,126)(H,118,119)(H,120,121)(H,122,123)(H,124,125)(H,127,128)(H,129,130)(H,131,132)(H,133,134)(H,135,136);/t66-,68?,74?,75+,76?;/m1./s1. The van der Waals surface area contributed by atoms with E-state index in [-0.39, 0.29) is 295 Å². The van der Waals surface area contributed by atoms with Crippen LogP contribution in [-0.4, -0.2) is 363 Å². The number of amides is 7. The third-order valence-corrected chi connectivity index (χ3v) is 25.5. The largest absolute Gasteiger partial charge is 0.481 e. The molecule has 2 aliphatic heterocycles. The van der Waals surface area contributed by atoms with Crippen LogP contribution in [0.25, 0.3) is 22.5 Å². The number of benzene rings is 3. The molecule has 0 saturated carbocycles. The van der Waals surface area contributed by atoms with Crippen molar-refractivity contribution in [2.75, 3.05) is 169 Å². The fourth-order valence-corrected chi connectivity index (χ4v) is 17.4. The zero-order valence-corrected chi connectivity index (χ0v) is 84.9. The molecule has 6 rings (SSSR count). The van der Waals surface area contributed by atoms with E-state index in [1.54, 1.807) is 24.3 Å². The normalized spacial score (nSPS) is 14.7. The average molecular weight is 2310 g/mol. The molecule has 1 radical (unpaired) electrons. The van der Waals surface area contributed by atoms with E-state index in [1.165, 1.54) is 0 Å². The summed E-state index contributed by atoms with van der Waals surface area (Å²) >= 11 is 2.21. The van der Waals surface area contributed by atoms with Gasteiger partial charge in [0.1, 0.15) is 35.4 Å². The van der Waals surface area contributed by atoms with Crippen LogP contribution in [-0.2, 0) is 129 Å². The second-order valence-corrected chi connectivity index (χ2v) is 37.7. The number of carbonyl (C=O) groups is 17. The SMILES string of the molecule is O=C(O)CCC(CP(=O)(O)OCCC[C@H](NC(=O)CC[C@H](CC(=O)CCCCCNC(=O)CCC(NC(=O)CCOCCOCCOCCOCCCC(=O)CCC(=O)N1Cc2ccccc2-c2c(nnn2CCCNC(=O)CN2CCN(CC(=O)O)CCN(CC(=O)O)CCN(CC(=O)O)CC2)-c2ccccc21)C(=O)NC(CCCCNC(=O)CCCc1ccc(I)cc1)C(=O)O)C(=O)O)C(=O)O)C(=O)O.[Lu]. The number of rotatable bonds is 72. The zero-order valence-electron chi connectivity index (χ0n) is 80.2. The first-order chi connectivity index (χ1) is 67.9. The van der Waals surface area contributed by atoms with Crippen LogP contribution in [0.3, 0.4) is 0 Å². The van der Waals surface area contributed by atoms with Gasteiger partial charge in [-0.1, -0.05) is 66.2 Å². The smallest absolute Gasteiger partial charge is 0.328 e. The number of carbonyl (C=O) groups excluding carboxylic acids is 9. The van der Waals surface area contributed by atoms with Crippen LogP contribution in [0.2, 0.25) is 0 Å². The molecule has 46 nitrogen and oxygen atoms in total. The number of aromatic nitrogens is 3. The van der Waals surface area contributed by atoms with E-state index in [4.69, 9.17) is 28.6 Å². The predicted molar refractivity (Wildman–Crippen MR) is 518 cm³/mol. The number of aryl methyl sites for hydroxylation is 2. The molecule has 6 atom stereocenters. The summed E-state index contributed by atoms with van der Waals surface area (Å²) in [6, 6.07) is 18.6. The predicted octanol–water partition coefficient (Wildman–Crippen LogP) is 4.01. The van der Waals surface area contributed by atoms with Crippen molar-refractivity contribution in [1.82, 2.24) is 66.5 Å². The Kier molecular flexibility index (Phi) is 59.7. The maximum absolute atomic E-state index is 14.3. The molecule has 3 aromatic carbocycles. The molecular weight excluding hydrogens is 2170 g/mol. The Morgan fingerprint density at radius 1 is 0.413 bits per heavy atom. The van der Waals surface area contributed by atoms with Gasteiger partial charge in [0.25, 0.3) is 0 Å². The maximum atomic E-state index is 14.3. The van der Waals surface area contributed by atoms with Crippen LogP contribution in [0.15, 0.2) is 72.8 Å². The van der Waals surface area contributed by atoms with E-state index in [1.807, 2.05) is 77.7 Å². The van der Waals surface area contributed by atoms with Crippen molar-refractivity contribution in [3.05, 3.63) is 87.5 Å². The van der Waals surface area contributed by atoms with E-state index >= 15 is 0 Å². The minimum atomic E-state index is -4.56. The minimum absolute atomic E-state index is 0. The van der Waals surface area contributed by atoms with Gasteiger partial charge in [0.15, 0.2) is 0 Å². The Morgan fingerprint density at radius 3 is 1.50 bits per heavy atom. The number of nitrogens with one attached hydrogen (secondary N) is 6. The third kappa shape index (κ3) is 51.6. The van der Waals surface area contributed by atoms with E-state index in [9.17, 15) is 127 Å². The monoisotopic (exact) mass is 2310 g/mol. The number of nitrogens with zero attached hydrogens (tertiary/aromatic N) is 8. The van der Waals surface area contributed by atoms with Gasteiger partial charge in [-0.3, -0.25) is 96.1 Å². The maximum Gasteiger partial charge on any atom is 0.328 e. The molecule has 1 saturated heterocycles. The first-order valence-electron chi connectivity index (χ1n) is 47.8. The molecule has 0 spiro atoms. The summed E-state index contributed by atoms with van der Waals surface area (Å²) in [4.78, 5) is 232. The Labute approximate surface area is 871 Å². The summed E-state index contributed by atoms with van der Waals surface area (Å²) in [7, 11) is -4.56. The van der Waals surface area contributed by atoms with E-state index in [0.717, 1.165) is 26.7 Å². The minimum Gasteiger partial charge on any atom is -0.481 e. The zero-order chi connectivity index (χ0) is 104. The molecule has 1 aromatic heterocycles. The molecule has 3 heterocycles. The van der Waals surface area contributed by atoms with Gasteiger partial charge in [-0.05, 0) is 142 Å². The Hall–Kier alpha value is -10.0. The van der Waals surface area contributed by atoms with Crippen molar-refractivity contribution < 1.29 is 192 Å². The number of Topliss-reactive ketones (excluding diaryl/α,β-unsaturated/α-hetero) is 2. The number of anilines is 1. The van der Waals surface area contributed by atoms with Crippen LogP contribution in [0.5, 0.6) is 0 Å². The average Bonchev–Trinajstić information content (AvgIpc) is 1.66. The molecule has 4 unspecified atom stereocenters. The second kappa shape index (κ2) is 69.1. The first kappa shape index (κ1) is 123. The number of hydrogen-bond acceptors (Lipinski definition) is 29.